The highest BCUT2D eigenvalue weighted by molar-refractivity contribution is 6.31. The lowest BCUT2D eigenvalue weighted by Gasteiger charge is -2.06. The van der Waals surface area contributed by atoms with E-state index in [-0.39, 0.29) is 0 Å². The molecule has 1 fully saturated rings. The highest BCUT2D eigenvalue weighted by atomic mass is 35.5. The molecule has 1 aliphatic carbocycles. The van der Waals surface area contributed by atoms with Gasteiger partial charge >= 0.3 is 0 Å². The van der Waals surface area contributed by atoms with Crippen molar-refractivity contribution in [3.63, 3.8) is 0 Å². The number of hydrogen-bond donors (Lipinski definition) is 2. The third-order valence-electron chi connectivity index (χ3n) is 2.89. The van der Waals surface area contributed by atoms with Crippen molar-refractivity contribution in [2.24, 2.45) is 5.84 Å². The molecule has 1 saturated carbocycles. The Morgan fingerprint density at radius 2 is 2.22 bits per heavy atom. The molecule has 2 heterocycles. The molecule has 0 saturated heterocycles. The van der Waals surface area contributed by atoms with Gasteiger partial charge in [-0.05, 0) is 19.8 Å². The van der Waals surface area contributed by atoms with Crippen LogP contribution in [0.3, 0.4) is 0 Å². The second-order valence-electron chi connectivity index (χ2n) is 4.40. The van der Waals surface area contributed by atoms with Crippen LogP contribution in [0, 0.1) is 6.92 Å². The maximum absolute atomic E-state index is 6.00. The number of halogens is 1. The molecule has 2 aromatic rings. The van der Waals surface area contributed by atoms with Crippen molar-refractivity contribution in [2.75, 3.05) is 5.43 Å². The lowest BCUT2D eigenvalue weighted by atomic mass is 10.4. The molecule has 0 unspecified atom stereocenters. The van der Waals surface area contributed by atoms with Crippen LogP contribution in [0.4, 0.5) is 5.82 Å². The van der Waals surface area contributed by atoms with Gasteiger partial charge in [0.05, 0.1) is 16.9 Å². The second-order valence-corrected chi connectivity index (χ2v) is 4.80. The Morgan fingerprint density at radius 1 is 1.44 bits per heavy atom. The van der Waals surface area contributed by atoms with E-state index >= 15 is 0 Å². The molecule has 0 aromatic carbocycles. The van der Waals surface area contributed by atoms with Crippen molar-refractivity contribution in [1.29, 1.82) is 0 Å². The summed E-state index contributed by atoms with van der Waals surface area (Å²) < 4.78 is 1.64. The average Bonchev–Trinajstić information content (AvgIpc) is 3.16. The number of anilines is 1. The Bertz CT molecular complexity index is 570. The molecular weight excluding hydrogens is 252 g/mol. The van der Waals surface area contributed by atoms with E-state index in [1.165, 1.54) is 0 Å². The van der Waals surface area contributed by atoms with Gasteiger partial charge in [0.15, 0.2) is 5.82 Å². The molecule has 0 spiro atoms. The van der Waals surface area contributed by atoms with Crippen LogP contribution < -0.4 is 11.3 Å². The third kappa shape index (κ3) is 2.04. The normalized spacial score (nSPS) is 14.8. The molecule has 0 amide bonds. The van der Waals surface area contributed by atoms with Gasteiger partial charge in [-0.2, -0.15) is 5.10 Å². The predicted molar refractivity (Wildman–Crippen MR) is 68.7 cm³/mol. The van der Waals surface area contributed by atoms with Gasteiger partial charge in [0, 0.05) is 12.0 Å². The maximum atomic E-state index is 6.00. The lowest BCUT2D eigenvalue weighted by Crippen LogP contribution is -2.12. The maximum Gasteiger partial charge on any atom is 0.159 e. The number of aromatic nitrogens is 4. The first-order chi connectivity index (χ1) is 8.67. The van der Waals surface area contributed by atoms with Gasteiger partial charge in [-0.1, -0.05) is 11.6 Å². The summed E-state index contributed by atoms with van der Waals surface area (Å²) in [6, 6.07) is 1.74. The number of nitrogen functional groups attached to an aromatic ring is 1. The van der Waals surface area contributed by atoms with Crippen molar-refractivity contribution in [1.82, 2.24) is 19.7 Å². The van der Waals surface area contributed by atoms with Crippen molar-refractivity contribution >= 4 is 17.4 Å². The Labute approximate surface area is 109 Å². The third-order valence-corrected chi connectivity index (χ3v) is 3.27. The monoisotopic (exact) mass is 264 g/mol. The number of aryl methyl sites for hydroxylation is 1. The molecule has 2 aromatic heterocycles. The second kappa shape index (κ2) is 4.22. The topological polar surface area (TPSA) is 81.7 Å². The molecule has 0 radical (unpaired) electrons. The van der Waals surface area contributed by atoms with E-state index in [9.17, 15) is 0 Å². The quantitative estimate of drug-likeness (QED) is 0.652. The average molecular weight is 265 g/mol. The number of nitrogens with two attached hydrogens (primary N) is 1. The molecule has 3 rings (SSSR count). The fourth-order valence-electron chi connectivity index (χ4n) is 1.72. The van der Waals surface area contributed by atoms with Crippen molar-refractivity contribution in [3.8, 4) is 5.82 Å². The van der Waals surface area contributed by atoms with Crippen molar-refractivity contribution < 1.29 is 0 Å². The summed E-state index contributed by atoms with van der Waals surface area (Å²) in [5, 5.41) is 4.92. The van der Waals surface area contributed by atoms with E-state index in [1.54, 1.807) is 16.9 Å². The number of hydrogen-bond acceptors (Lipinski definition) is 5. The minimum Gasteiger partial charge on any atom is -0.308 e. The van der Waals surface area contributed by atoms with Gasteiger partial charge in [0.25, 0.3) is 0 Å². The summed E-state index contributed by atoms with van der Waals surface area (Å²) in [4.78, 5) is 8.85. The number of hydrazine groups is 1. The van der Waals surface area contributed by atoms with Crippen LogP contribution in [0.1, 0.15) is 30.3 Å². The lowest BCUT2D eigenvalue weighted by molar-refractivity contribution is 0.801. The van der Waals surface area contributed by atoms with Crippen LogP contribution in [-0.2, 0) is 0 Å². The van der Waals surface area contributed by atoms with Gasteiger partial charge in [0.2, 0.25) is 0 Å². The first kappa shape index (κ1) is 11.4. The molecule has 7 heteroatoms. The Kier molecular flexibility index (Phi) is 2.68. The smallest absolute Gasteiger partial charge is 0.159 e. The van der Waals surface area contributed by atoms with E-state index in [0.717, 1.165) is 24.4 Å². The first-order valence-corrected chi connectivity index (χ1v) is 6.13. The van der Waals surface area contributed by atoms with Crippen LogP contribution >= 0.6 is 11.6 Å². The molecule has 0 bridgehead atoms. The minimum atomic E-state index is 0.448. The summed E-state index contributed by atoms with van der Waals surface area (Å²) in [6.07, 6.45) is 3.99. The van der Waals surface area contributed by atoms with E-state index in [4.69, 9.17) is 17.4 Å². The van der Waals surface area contributed by atoms with Gasteiger partial charge in [0.1, 0.15) is 11.6 Å². The number of nitrogens with zero attached hydrogens (tertiary/aromatic N) is 4. The summed E-state index contributed by atoms with van der Waals surface area (Å²) in [5.41, 5.74) is 3.33. The standard InChI is InChI=1S/C11H13ClN6/c1-6-8(12)5-18(17-6)10-4-9(16-13)14-11(15-10)7-2-3-7/h4-5,7H,2-3,13H2,1H3,(H,14,15,16). The summed E-state index contributed by atoms with van der Waals surface area (Å²) in [7, 11) is 0. The van der Waals surface area contributed by atoms with E-state index in [1.807, 2.05) is 6.92 Å². The van der Waals surface area contributed by atoms with Crippen molar-refractivity contribution in [3.05, 3.63) is 28.8 Å². The zero-order chi connectivity index (χ0) is 12.7. The zero-order valence-electron chi connectivity index (χ0n) is 9.89. The SMILES string of the molecule is Cc1nn(-c2cc(NN)nc(C3CC3)n2)cc1Cl. The summed E-state index contributed by atoms with van der Waals surface area (Å²) in [5.74, 6) is 7.95. The summed E-state index contributed by atoms with van der Waals surface area (Å²) in [6.45, 7) is 1.85. The van der Waals surface area contributed by atoms with Crippen molar-refractivity contribution in [2.45, 2.75) is 25.7 Å². The van der Waals surface area contributed by atoms with Gasteiger partial charge in [-0.15, -0.1) is 0 Å². The fraction of sp³-hybridized carbons (Fsp3) is 0.364. The zero-order valence-corrected chi connectivity index (χ0v) is 10.6. The molecule has 6 nitrogen and oxygen atoms in total. The minimum absolute atomic E-state index is 0.448. The molecule has 1 aliphatic rings. The van der Waals surface area contributed by atoms with Crippen LogP contribution in [0.25, 0.3) is 5.82 Å². The highest BCUT2D eigenvalue weighted by Gasteiger charge is 2.27. The van der Waals surface area contributed by atoms with E-state index in [2.05, 4.69) is 20.5 Å². The van der Waals surface area contributed by atoms with Gasteiger partial charge in [-0.3, -0.25) is 0 Å². The molecule has 0 aliphatic heterocycles. The largest absolute Gasteiger partial charge is 0.308 e. The van der Waals surface area contributed by atoms with Crippen LogP contribution in [0.2, 0.25) is 5.02 Å². The Hall–Kier alpha value is -1.66. The van der Waals surface area contributed by atoms with Crippen LogP contribution in [0.15, 0.2) is 12.3 Å². The van der Waals surface area contributed by atoms with Crippen LogP contribution in [0.5, 0.6) is 0 Å². The fourth-order valence-corrected chi connectivity index (χ4v) is 1.85. The Balaban J connectivity index is 2.07. The molecular formula is C11H13ClN6. The van der Waals surface area contributed by atoms with E-state index < -0.39 is 0 Å². The molecule has 18 heavy (non-hydrogen) atoms. The molecule has 94 valence electrons. The van der Waals surface area contributed by atoms with Gasteiger partial charge < -0.3 is 5.43 Å². The first-order valence-electron chi connectivity index (χ1n) is 5.75. The number of rotatable bonds is 3. The molecule has 3 N–H and O–H groups in total. The molecule has 0 atom stereocenters. The van der Waals surface area contributed by atoms with Crippen LogP contribution in [-0.4, -0.2) is 19.7 Å². The number of nitrogens with one attached hydrogen (secondary N) is 1. The van der Waals surface area contributed by atoms with Gasteiger partial charge in [-0.25, -0.2) is 20.5 Å². The predicted octanol–water partition coefficient (Wildman–Crippen LogP) is 1.79. The highest BCUT2D eigenvalue weighted by Crippen LogP contribution is 2.38. The van der Waals surface area contributed by atoms with E-state index in [0.29, 0.717) is 22.6 Å². The Morgan fingerprint density at radius 3 is 2.78 bits per heavy atom. The summed E-state index contributed by atoms with van der Waals surface area (Å²) >= 11 is 6.00.